The average molecular weight is 240 g/mol. The molecule has 17 heavy (non-hydrogen) atoms. The number of nitrogens with zero attached hydrogens (tertiary/aromatic N) is 1. The molecule has 2 nitrogen and oxygen atoms in total. The van der Waals surface area contributed by atoms with Gasteiger partial charge in [0.2, 0.25) is 0 Å². The van der Waals surface area contributed by atoms with Gasteiger partial charge < -0.3 is 10.2 Å². The first-order chi connectivity index (χ1) is 7.70. The first-order valence-corrected chi connectivity index (χ1v) is 7.19. The fourth-order valence-electron chi connectivity index (χ4n) is 2.50. The second kappa shape index (κ2) is 5.71. The second-order valence-electron chi connectivity index (χ2n) is 7.58. The summed E-state index contributed by atoms with van der Waals surface area (Å²) in [5, 5.41) is 3.64. The van der Waals surface area contributed by atoms with E-state index in [2.05, 4.69) is 51.8 Å². The van der Waals surface area contributed by atoms with Gasteiger partial charge in [0.25, 0.3) is 0 Å². The van der Waals surface area contributed by atoms with Crippen LogP contribution in [0.25, 0.3) is 0 Å². The molecular formula is C15H32N2. The van der Waals surface area contributed by atoms with Crippen molar-refractivity contribution in [2.45, 2.75) is 72.4 Å². The molecule has 102 valence electrons. The smallest absolute Gasteiger partial charge is 0.00967 e. The van der Waals surface area contributed by atoms with Crippen LogP contribution in [0.2, 0.25) is 0 Å². The maximum Gasteiger partial charge on any atom is 0.00967 e. The third-order valence-electron chi connectivity index (χ3n) is 3.67. The van der Waals surface area contributed by atoms with Gasteiger partial charge in [0.15, 0.2) is 0 Å². The Morgan fingerprint density at radius 3 is 2.29 bits per heavy atom. The minimum absolute atomic E-state index is 0.227. The van der Waals surface area contributed by atoms with Crippen molar-refractivity contribution < 1.29 is 0 Å². The zero-order valence-corrected chi connectivity index (χ0v) is 12.8. The molecule has 1 rings (SSSR count). The molecule has 0 saturated carbocycles. The van der Waals surface area contributed by atoms with Gasteiger partial charge in [0.1, 0.15) is 0 Å². The van der Waals surface area contributed by atoms with Gasteiger partial charge in [-0.2, -0.15) is 0 Å². The lowest BCUT2D eigenvalue weighted by molar-refractivity contribution is 0.101. The third-order valence-corrected chi connectivity index (χ3v) is 3.67. The highest BCUT2D eigenvalue weighted by Gasteiger charge is 2.27. The highest BCUT2D eigenvalue weighted by Crippen LogP contribution is 2.23. The van der Waals surface area contributed by atoms with Crippen LogP contribution in [0.5, 0.6) is 0 Å². The zero-order chi connectivity index (χ0) is 13.1. The van der Waals surface area contributed by atoms with Crippen molar-refractivity contribution in [2.75, 3.05) is 19.6 Å². The molecule has 1 aliphatic rings. The lowest BCUT2D eigenvalue weighted by atomic mass is 9.89. The van der Waals surface area contributed by atoms with E-state index in [-0.39, 0.29) is 5.54 Å². The summed E-state index contributed by atoms with van der Waals surface area (Å²) in [6.45, 7) is 17.5. The molecule has 1 unspecified atom stereocenters. The highest BCUT2D eigenvalue weighted by molar-refractivity contribution is 4.83. The molecule has 1 atom stereocenters. The molecule has 0 amide bonds. The Hall–Kier alpha value is -0.0800. The largest absolute Gasteiger partial charge is 0.311 e. The lowest BCUT2D eigenvalue weighted by Crippen LogP contribution is -2.49. The van der Waals surface area contributed by atoms with Gasteiger partial charge in [0.05, 0.1) is 0 Å². The Labute approximate surface area is 108 Å². The fourth-order valence-corrected chi connectivity index (χ4v) is 2.50. The van der Waals surface area contributed by atoms with E-state index in [1.54, 1.807) is 0 Å². The summed E-state index contributed by atoms with van der Waals surface area (Å²) in [5.74, 6) is 0. The van der Waals surface area contributed by atoms with Crippen LogP contribution in [-0.4, -0.2) is 36.1 Å². The Kier molecular flexibility index (Phi) is 5.03. The van der Waals surface area contributed by atoms with Crippen molar-refractivity contribution in [1.29, 1.82) is 0 Å². The number of piperidine rings is 1. The van der Waals surface area contributed by atoms with E-state index in [0.29, 0.717) is 5.41 Å². The zero-order valence-electron chi connectivity index (χ0n) is 12.8. The third kappa shape index (κ3) is 5.87. The Bertz CT molecular complexity index is 228. The first kappa shape index (κ1) is 15.0. The molecule has 2 heteroatoms. The van der Waals surface area contributed by atoms with Crippen LogP contribution in [0.1, 0.15) is 60.8 Å². The van der Waals surface area contributed by atoms with Gasteiger partial charge in [0, 0.05) is 24.7 Å². The van der Waals surface area contributed by atoms with Crippen LogP contribution < -0.4 is 5.32 Å². The minimum Gasteiger partial charge on any atom is -0.311 e. The summed E-state index contributed by atoms with van der Waals surface area (Å²) in [5.41, 5.74) is 0.587. The van der Waals surface area contributed by atoms with Crippen molar-refractivity contribution in [3.63, 3.8) is 0 Å². The summed E-state index contributed by atoms with van der Waals surface area (Å²) >= 11 is 0. The van der Waals surface area contributed by atoms with E-state index in [9.17, 15) is 0 Å². The van der Waals surface area contributed by atoms with E-state index < -0.39 is 0 Å². The Morgan fingerprint density at radius 2 is 1.76 bits per heavy atom. The summed E-state index contributed by atoms with van der Waals surface area (Å²) in [6.07, 6.45) is 4.17. The van der Waals surface area contributed by atoms with Gasteiger partial charge in [-0.3, -0.25) is 0 Å². The summed E-state index contributed by atoms with van der Waals surface area (Å²) in [7, 11) is 0. The first-order valence-electron chi connectivity index (χ1n) is 7.19. The van der Waals surface area contributed by atoms with Gasteiger partial charge >= 0.3 is 0 Å². The Morgan fingerprint density at radius 1 is 1.12 bits per heavy atom. The SMILES string of the molecule is CC1CCCCN1CC(C)(C)CNC(C)(C)C. The van der Waals surface area contributed by atoms with Gasteiger partial charge in [-0.05, 0) is 52.5 Å². The Balaban J connectivity index is 2.41. The molecule has 0 bridgehead atoms. The lowest BCUT2D eigenvalue weighted by Gasteiger charge is -2.40. The van der Waals surface area contributed by atoms with Crippen LogP contribution in [-0.2, 0) is 0 Å². The predicted octanol–water partition coefficient (Wildman–Crippen LogP) is 3.28. The summed E-state index contributed by atoms with van der Waals surface area (Å²) < 4.78 is 0. The van der Waals surface area contributed by atoms with Crippen molar-refractivity contribution in [1.82, 2.24) is 10.2 Å². The van der Waals surface area contributed by atoms with Crippen LogP contribution >= 0.6 is 0 Å². The minimum atomic E-state index is 0.227. The van der Waals surface area contributed by atoms with E-state index in [0.717, 1.165) is 12.6 Å². The van der Waals surface area contributed by atoms with Crippen molar-refractivity contribution in [3.05, 3.63) is 0 Å². The number of nitrogens with one attached hydrogen (secondary N) is 1. The molecule has 1 N–H and O–H groups in total. The summed E-state index contributed by atoms with van der Waals surface area (Å²) in [6, 6.07) is 0.776. The van der Waals surface area contributed by atoms with Crippen LogP contribution in [0.15, 0.2) is 0 Å². The number of rotatable bonds is 4. The number of hydrogen-bond acceptors (Lipinski definition) is 2. The molecule has 1 heterocycles. The average Bonchev–Trinajstić information content (AvgIpc) is 2.18. The highest BCUT2D eigenvalue weighted by atomic mass is 15.2. The molecule has 1 fully saturated rings. The normalized spacial score (nSPS) is 24.0. The molecule has 0 aliphatic carbocycles. The van der Waals surface area contributed by atoms with E-state index >= 15 is 0 Å². The van der Waals surface area contributed by atoms with E-state index in [1.807, 2.05) is 0 Å². The maximum atomic E-state index is 3.64. The van der Waals surface area contributed by atoms with Crippen LogP contribution in [0.3, 0.4) is 0 Å². The predicted molar refractivity (Wildman–Crippen MR) is 76.4 cm³/mol. The van der Waals surface area contributed by atoms with Crippen molar-refractivity contribution >= 4 is 0 Å². The molecule has 1 aliphatic heterocycles. The van der Waals surface area contributed by atoms with Crippen LogP contribution in [0, 0.1) is 5.41 Å². The maximum absolute atomic E-state index is 3.64. The molecule has 0 aromatic rings. The molecule has 0 spiro atoms. The monoisotopic (exact) mass is 240 g/mol. The number of hydrogen-bond donors (Lipinski definition) is 1. The van der Waals surface area contributed by atoms with E-state index in [1.165, 1.54) is 32.4 Å². The van der Waals surface area contributed by atoms with Crippen molar-refractivity contribution in [3.8, 4) is 0 Å². The number of likely N-dealkylation sites (tertiary alicyclic amines) is 1. The van der Waals surface area contributed by atoms with Crippen LogP contribution in [0.4, 0.5) is 0 Å². The topological polar surface area (TPSA) is 15.3 Å². The van der Waals surface area contributed by atoms with Crippen molar-refractivity contribution in [2.24, 2.45) is 5.41 Å². The van der Waals surface area contributed by atoms with Gasteiger partial charge in [-0.25, -0.2) is 0 Å². The molecule has 1 saturated heterocycles. The fraction of sp³-hybridized carbons (Fsp3) is 1.00. The standard InChI is InChI=1S/C15H32N2/c1-13-9-7-8-10-17(13)12-15(5,6)11-16-14(2,3)4/h13,16H,7-12H2,1-6H3. The molecular weight excluding hydrogens is 208 g/mol. The molecule has 0 aromatic carbocycles. The summed E-state index contributed by atoms with van der Waals surface area (Å²) in [4.78, 5) is 2.67. The van der Waals surface area contributed by atoms with Gasteiger partial charge in [-0.15, -0.1) is 0 Å². The molecule has 0 radical (unpaired) electrons. The quantitative estimate of drug-likeness (QED) is 0.811. The van der Waals surface area contributed by atoms with E-state index in [4.69, 9.17) is 0 Å². The van der Waals surface area contributed by atoms with Gasteiger partial charge in [-0.1, -0.05) is 20.3 Å². The molecule has 0 aromatic heterocycles. The second-order valence-corrected chi connectivity index (χ2v) is 7.58.